The van der Waals surface area contributed by atoms with Gasteiger partial charge in [-0.15, -0.1) is 13.2 Å². The molecule has 3 amide bonds. The number of aromatic nitrogens is 2. The number of hydrogen-bond acceptors (Lipinski definition) is 5. The number of rotatable bonds is 4. The summed E-state index contributed by atoms with van der Waals surface area (Å²) in [5.41, 5.74) is 12.6. The van der Waals surface area contributed by atoms with Crippen LogP contribution in [0.25, 0.3) is 11.3 Å². The smallest absolute Gasteiger partial charge is 0.406 e. The Morgan fingerprint density at radius 2 is 1.82 bits per heavy atom. The lowest BCUT2D eigenvalue weighted by molar-refractivity contribution is -0.274. The lowest BCUT2D eigenvalue weighted by atomic mass is 9.94. The van der Waals surface area contributed by atoms with Gasteiger partial charge in [0.05, 0.1) is 29.4 Å². The second-order valence-electron chi connectivity index (χ2n) is 7.44. The van der Waals surface area contributed by atoms with Gasteiger partial charge in [-0.1, -0.05) is 24.3 Å². The summed E-state index contributed by atoms with van der Waals surface area (Å²) < 4.78 is 43.5. The van der Waals surface area contributed by atoms with E-state index in [1.807, 2.05) is 6.07 Å². The molecule has 174 valence electrons. The monoisotopic (exact) mass is 470 g/mol. The van der Waals surface area contributed by atoms with Crippen molar-refractivity contribution in [3.05, 3.63) is 70.9 Å². The van der Waals surface area contributed by atoms with Gasteiger partial charge in [0.2, 0.25) is 0 Å². The van der Waals surface area contributed by atoms with E-state index >= 15 is 0 Å². The molecule has 1 aliphatic rings. The third-order valence-electron chi connectivity index (χ3n) is 5.34. The Balaban J connectivity index is 1.90. The van der Waals surface area contributed by atoms with Gasteiger partial charge in [-0.25, -0.2) is 4.79 Å². The van der Waals surface area contributed by atoms with Crippen LogP contribution in [0.1, 0.15) is 33.2 Å². The number of urea groups is 1. The van der Waals surface area contributed by atoms with Crippen molar-refractivity contribution >= 4 is 11.9 Å². The highest BCUT2D eigenvalue weighted by Gasteiger charge is 2.38. The fourth-order valence-corrected chi connectivity index (χ4v) is 4.00. The lowest BCUT2D eigenvalue weighted by Crippen LogP contribution is -2.46. The molecule has 34 heavy (non-hydrogen) atoms. The molecule has 0 saturated carbocycles. The van der Waals surface area contributed by atoms with E-state index in [-0.39, 0.29) is 35.6 Å². The van der Waals surface area contributed by atoms with Gasteiger partial charge in [0.1, 0.15) is 17.5 Å². The molecule has 0 spiro atoms. The third-order valence-corrected chi connectivity index (χ3v) is 5.34. The standard InChI is InChI=1S/C22H17F3N6O3/c23-22(24,25)34-15-3-1-2-14(10-15)17-16(20(27)32)19-18(13-6-4-12(11-26)5-7-13)30(21(28)33)8-9-31(19)29-17/h1-7,10,18H,8-9H2,(H2,27,32)(H2,28,33). The Morgan fingerprint density at radius 1 is 1.12 bits per heavy atom. The fraction of sp³-hybridized carbons (Fsp3) is 0.182. The highest BCUT2D eigenvalue weighted by molar-refractivity contribution is 6.00. The summed E-state index contributed by atoms with van der Waals surface area (Å²) in [5, 5.41) is 13.5. The topological polar surface area (TPSA) is 140 Å². The zero-order valence-corrected chi connectivity index (χ0v) is 17.4. The summed E-state index contributed by atoms with van der Waals surface area (Å²) >= 11 is 0. The summed E-state index contributed by atoms with van der Waals surface area (Å²) in [6.45, 7) is 0.327. The number of fused-ring (bicyclic) bond motifs is 1. The molecule has 0 saturated heterocycles. The number of hydrogen-bond donors (Lipinski definition) is 2. The number of halogens is 3. The molecule has 0 aliphatic carbocycles. The van der Waals surface area contributed by atoms with E-state index in [2.05, 4.69) is 9.84 Å². The van der Waals surface area contributed by atoms with Crippen LogP contribution in [0, 0.1) is 11.3 Å². The van der Waals surface area contributed by atoms with Crippen molar-refractivity contribution in [2.24, 2.45) is 11.5 Å². The molecule has 2 heterocycles. The molecule has 2 aromatic carbocycles. The van der Waals surface area contributed by atoms with E-state index in [4.69, 9.17) is 16.7 Å². The molecule has 0 bridgehead atoms. The molecule has 1 unspecified atom stereocenters. The molecule has 1 atom stereocenters. The van der Waals surface area contributed by atoms with Crippen molar-refractivity contribution in [2.45, 2.75) is 18.9 Å². The van der Waals surface area contributed by atoms with Crippen molar-refractivity contribution in [1.82, 2.24) is 14.7 Å². The summed E-state index contributed by atoms with van der Waals surface area (Å²) in [7, 11) is 0. The lowest BCUT2D eigenvalue weighted by Gasteiger charge is -2.35. The van der Waals surface area contributed by atoms with Crippen molar-refractivity contribution in [1.29, 1.82) is 5.26 Å². The molecule has 1 aromatic heterocycles. The van der Waals surface area contributed by atoms with Crippen molar-refractivity contribution < 1.29 is 27.5 Å². The number of ether oxygens (including phenoxy) is 1. The molecule has 9 nitrogen and oxygen atoms in total. The van der Waals surface area contributed by atoms with Crippen LogP contribution in [0.2, 0.25) is 0 Å². The molecular formula is C22H17F3N6O3. The first-order valence-electron chi connectivity index (χ1n) is 9.92. The Hall–Kier alpha value is -4.53. The molecule has 0 radical (unpaired) electrons. The zero-order valence-electron chi connectivity index (χ0n) is 17.4. The van der Waals surface area contributed by atoms with E-state index in [9.17, 15) is 22.8 Å². The number of nitrogens with two attached hydrogens (primary N) is 2. The van der Waals surface area contributed by atoms with E-state index in [0.717, 1.165) is 12.1 Å². The Kier molecular flexibility index (Phi) is 5.62. The number of nitrogens with zero attached hydrogens (tertiary/aromatic N) is 4. The number of carbonyl (C=O) groups excluding carboxylic acids is 2. The zero-order chi connectivity index (χ0) is 24.6. The maximum atomic E-state index is 12.7. The van der Waals surface area contributed by atoms with Crippen LogP contribution < -0.4 is 16.2 Å². The summed E-state index contributed by atoms with van der Waals surface area (Å²) in [5.74, 6) is -1.38. The Morgan fingerprint density at radius 3 is 2.41 bits per heavy atom. The third kappa shape index (κ3) is 4.23. The van der Waals surface area contributed by atoms with E-state index in [1.54, 1.807) is 24.3 Å². The van der Waals surface area contributed by atoms with Crippen molar-refractivity contribution in [2.75, 3.05) is 6.54 Å². The van der Waals surface area contributed by atoms with Crippen LogP contribution in [-0.4, -0.2) is 39.5 Å². The van der Waals surface area contributed by atoms with Crippen LogP contribution >= 0.6 is 0 Å². The number of nitriles is 1. The quantitative estimate of drug-likeness (QED) is 0.603. The number of benzene rings is 2. The average molecular weight is 470 g/mol. The van der Waals surface area contributed by atoms with Gasteiger partial charge < -0.3 is 21.1 Å². The second kappa shape index (κ2) is 8.43. The number of primary amides is 2. The fourth-order valence-electron chi connectivity index (χ4n) is 4.00. The molecular weight excluding hydrogens is 453 g/mol. The summed E-state index contributed by atoms with van der Waals surface area (Å²) in [4.78, 5) is 26.1. The van der Waals surface area contributed by atoms with Gasteiger partial charge in [-0.05, 0) is 29.8 Å². The molecule has 1 aliphatic heterocycles. The Labute approximate surface area is 190 Å². The normalized spacial score (nSPS) is 15.4. The van der Waals surface area contributed by atoms with Gasteiger partial charge >= 0.3 is 12.4 Å². The SMILES string of the molecule is N#Cc1ccc(C2c3c(C(N)=O)c(-c4cccc(OC(F)(F)F)c4)nn3CCN2C(N)=O)cc1. The maximum absolute atomic E-state index is 12.7. The first kappa shape index (κ1) is 22.7. The molecule has 0 fully saturated rings. The molecule has 4 rings (SSSR count). The number of carbonyl (C=O) groups is 2. The average Bonchev–Trinajstić information content (AvgIpc) is 3.17. The van der Waals surface area contributed by atoms with Gasteiger partial charge in [-0.2, -0.15) is 10.4 Å². The number of alkyl halides is 3. The first-order valence-corrected chi connectivity index (χ1v) is 9.92. The van der Waals surface area contributed by atoms with Crippen LogP contribution in [0.15, 0.2) is 48.5 Å². The first-order chi connectivity index (χ1) is 16.1. The van der Waals surface area contributed by atoms with E-state index < -0.39 is 30.1 Å². The van der Waals surface area contributed by atoms with E-state index in [0.29, 0.717) is 11.1 Å². The minimum absolute atomic E-state index is 0.0417. The maximum Gasteiger partial charge on any atom is 0.573 e. The highest BCUT2D eigenvalue weighted by Crippen LogP contribution is 2.39. The molecule has 12 heteroatoms. The van der Waals surface area contributed by atoms with Crippen LogP contribution in [-0.2, 0) is 6.54 Å². The minimum Gasteiger partial charge on any atom is -0.406 e. The van der Waals surface area contributed by atoms with Gasteiger partial charge in [0.25, 0.3) is 5.91 Å². The van der Waals surface area contributed by atoms with E-state index in [1.165, 1.54) is 21.7 Å². The predicted octanol–water partition coefficient (Wildman–Crippen LogP) is 2.90. The second-order valence-corrected chi connectivity index (χ2v) is 7.44. The Bertz CT molecular complexity index is 1310. The highest BCUT2D eigenvalue weighted by atomic mass is 19.4. The van der Waals surface area contributed by atoms with Crippen LogP contribution in [0.5, 0.6) is 5.75 Å². The summed E-state index contributed by atoms with van der Waals surface area (Å²) in [6, 6.07) is 11.7. The molecule has 4 N–H and O–H groups in total. The largest absolute Gasteiger partial charge is 0.573 e. The number of amides is 3. The summed E-state index contributed by atoms with van der Waals surface area (Å²) in [6.07, 6.45) is -4.90. The van der Waals surface area contributed by atoms with Crippen LogP contribution in [0.3, 0.4) is 0 Å². The van der Waals surface area contributed by atoms with Gasteiger partial charge in [0.15, 0.2) is 0 Å². The van der Waals surface area contributed by atoms with Crippen molar-refractivity contribution in [3.8, 4) is 23.1 Å². The van der Waals surface area contributed by atoms with Gasteiger partial charge in [-0.3, -0.25) is 9.48 Å². The van der Waals surface area contributed by atoms with Crippen LogP contribution in [0.4, 0.5) is 18.0 Å². The van der Waals surface area contributed by atoms with Crippen molar-refractivity contribution in [3.63, 3.8) is 0 Å². The minimum atomic E-state index is -4.90. The van der Waals surface area contributed by atoms with Gasteiger partial charge in [0, 0.05) is 12.1 Å². The predicted molar refractivity (Wildman–Crippen MR) is 112 cm³/mol. The molecule has 3 aromatic rings.